The van der Waals surface area contributed by atoms with Crippen molar-refractivity contribution in [2.75, 3.05) is 6.61 Å². The van der Waals surface area contributed by atoms with Gasteiger partial charge in [-0.2, -0.15) is 0 Å². The first-order valence-corrected chi connectivity index (χ1v) is 4.86. The minimum Gasteiger partial charge on any atom is -0.396 e. The van der Waals surface area contributed by atoms with Crippen molar-refractivity contribution in [2.24, 2.45) is 11.8 Å². The lowest BCUT2D eigenvalue weighted by Gasteiger charge is -2.18. The molecule has 0 amide bonds. The lowest BCUT2D eigenvalue weighted by atomic mass is 9.89. The van der Waals surface area contributed by atoms with Crippen LogP contribution in [0.25, 0.3) is 0 Å². The van der Waals surface area contributed by atoms with E-state index in [4.69, 9.17) is 5.11 Å². The van der Waals surface area contributed by atoms with E-state index < -0.39 is 0 Å². The fraction of sp³-hybridized carbons (Fsp3) is 0.818. The van der Waals surface area contributed by atoms with E-state index in [1.165, 1.54) is 5.57 Å². The quantitative estimate of drug-likeness (QED) is 0.629. The second-order valence-corrected chi connectivity index (χ2v) is 3.85. The number of hydrogen-bond donors (Lipinski definition) is 1. The number of allylic oxidation sites excluding steroid dienone is 2. The number of aliphatic hydroxyl groups excluding tert-OH is 1. The zero-order valence-electron chi connectivity index (χ0n) is 8.80. The summed E-state index contributed by atoms with van der Waals surface area (Å²) < 4.78 is 0. The van der Waals surface area contributed by atoms with Crippen molar-refractivity contribution < 1.29 is 5.11 Å². The van der Waals surface area contributed by atoms with Gasteiger partial charge in [0, 0.05) is 6.61 Å². The Balaban J connectivity index is 3.91. The number of aliphatic hydroxyl groups is 1. The van der Waals surface area contributed by atoms with Crippen LogP contribution in [-0.2, 0) is 0 Å². The molecule has 0 saturated heterocycles. The zero-order chi connectivity index (χ0) is 9.56. The molecule has 1 N–H and O–H groups in total. The number of rotatable bonds is 5. The van der Waals surface area contributed by atoms with Crippen molar-refractivity contribution in [1.29, 1.82) is 0 Å². The molecule has 12 heavy (non-hydrogen) atoms. The highest BCUT2D eigenvalue weighted by Gasteiger charge is 2.12. The van der Waals surface area contributed by atoms with E-state index in [2.05, 4.69) is 33.8 Å². The molecule has 2 unspecified atom stereocenters. The van der Waals surface area contributed by atoms with E-state index in [9.17, 15) is 0 Å². The fourth-order valence-electron chi connectivity index (χ4n) is 1.34. The molecule has 72 valence electrons. The fourth-order valence-corrected chi connectivity index (χ4v) is 1.34. The van der Waals surface area contributed by atoms with Gasteiger partial charge in [-0.1, -0.05) is 31.9 Å². The monoisotopic (exact) mass is 170 g/mol. The smallest absolute Gasteiger partial charge is 0.0459 e. The predicted molar refractivity (Wildman–Crippen MR) is 54.1 cm³/mol. The second kappa shape index (κ2) is 6.24. The van der Waals surface area contributed by atoms with Crippen molar-refractivity contribution in [3.8, 4) is 0 Å². The summed E-state index contributed by atoms with van der Waals surface area (Å²) in [6.07, 6.45) is 4.53. The maximum absolute atomic E-state index is 8.98. The average Bonchev–Trinajstić information content (AvgIpc) is 2.04. The van der Waals surface area contributed by atoms with Crippen LogP contribution in [-0.4, -0.2) is 11.7 Å². The van der Waals surface area contributed by atoms with Gasteiger partial charge in [0.25, 0.3) is 0 Å². The van der Waals surface area contributed by atoms with E-state index in [-0.39, 0.29) is 0 Å². The third-order valence-electron chi connectivity index (χ3n) is 2.45. The van der Waals surface area contributed by atoms with Gasteiger partial charge in [-0.25, -0.2) is 0 Å². The Kier molecular flexibility index (Phi) is 6.09. The van der Waals surface area contributed by atoms with Crippen molar-refractivity contribution in [3.05, 3.63) is 11.6 Å². The van der Waals surface area contributed by atoms with Crippen molar-refractivity contribution in [1.82, 2.24) is 0 Å². The summed E-state index contributed by atoms with van der Waals surface area (Å²) >= 11 is 0. The highest BCUT2D eigenvalue weighted by Crippen LogP contribution is 2.20. The first kappa shape index (κ1) is 11.7. The summed E-state index contributed by atoms with van der Waals surface area (Å²) in [5.41, 5.74) is 1.37. The Morgan fingerprint density at radius 2 is 2.00 bits per heavy atom. The molecule has 0 aliphatic rings. The van der Waals surface area contributed by atoms with Crippen LogP contribution in [0.4, 0.5) is 0 Å². The van der Waals surface area contributed by atoms with Crippen LogP contribution in [0, 0.1) is 11.8 Å². The molecular weight excluding hydrogens is 148 g/mol. The highest BCUT2D eigenvalue weighted by molar-refractivity contribution is 4.94. The summed E-state index contributed by atoms with van der Waals surface area (Å²) in [7, 11) is 0. The summed E-state index contributed by atoms with van der Waals surface area (Å²) in [4.78, 5) is 0. The average molecular weight is 170 g/mol. The normalized spacial score (nSPS) is 15.4. The van der Waals surface area contributed by atoms with Gasteiger partial charge in [0.15, 0.2) is 0 Å². The summed E-state index contributed by atoms with van der Waals surface area (Å²) in [6, 6.07) is 0. The zero-order valence-corrected chi connectivity index (χ0v) is 8.80. The predicted octanol–water partition coefficient (Wildman–Crippen LogP) is 3.00. The van der Waals surface area contributed by atoms with Gasteiger partial charge in [-0.3, -0.25) is 0 Å². The van der Waals surface area contributed by atoms with Gasteiger partial charge < -0.3 is 5.11 Å². The molecule has 1 heteroatoms. The Morgan fingerprint density at radius 1 is 1.42 bits per heavy atom. The maximum atomic E-state index is 8.98. The Bertz CT molecular complexity index is 134. The molecule has 0 spiro atoms. The Labute approximate surface area is 76.5 Å². The molecular formula is C11H22O. The van der Waals surface area contributed by atoms with Gasteiger partial charge in [-0.15, -0.1) is 0 Å². The molecule has 0 aliphatic carbocycles. The van der Waals surface area contributed by atoms with Gasteiger partial charge in [-0.05, 0) is 32.1 Å². The molecule has 0 aromatic heterocycles. The van der Waals surface area contributed by atoms with Crippen LogP contribution in [0.15, 0.2) is 11.6 Å². The van der Waals surface area contributed by atoms with Crippen molar-refractivity contribution in [3.63, 3.8) is 0 Å². The highest BCUT2D eigenvalue weighted by atomic mass is 16.3. The Hall–Kier alpha value is -0.300. The van der Waals surface area contributed by atoms with Gasteiger partial charge in [0.05, 0.1) is 0 Å². The third-order valence-corrected chi connectivity index (χ3v) is 2.45. The van der Waals surface area contributed by atoms with Crippen molar-refractivity contribution in [2.45, 2.75) is 40.5 Å². The molecule has 0 aliphatic heterocycles. The van der Waals surface area contributed by atoms with Crippen molar-refractivity contribution >= 4 is 0 Å². The molecule has 0 aromatic rings. The second-order valence-electron chi connectivity index (χ2n) is 3.85. The van der Waals surface area contributed by atoms with Gasteiger partial charge >= 0.3 is 0 Å². The molecule has 1 nitrogen and oxygen atoms in total. The van der Waals surface area contributed by atoms with E-state index in [1.807, 2.05) is 0 Å². The molecule has 0 rings (SSSR count). The molecule has 0 radical (unpaired) electrons. The lowest BCUT2D eigenvalue weighted by molar-refractivity contribution is 0.185. The van der Waals surface area contributed by atoms with E-state index >= 15 is 0 Å². The standard InChI is InChI=1S/C11H22O/c1-5-11(10(4)8-12)7-6-9(2)3/h6,10-12H,5,7-8H2,1-4H3. The van der Waals surface area contributed by atoms with Crippen LogP contribution < -0.4 is 0 Å². The molecule has 0 bridgehead atoms. The van der Waals surface area contributed by atoms with Gasteiger partial charge in [0.2, 0.25) is 0 Å². The minimum absolute atomic E-state index is 0.315. The Morgan fingerprint density at radius 3 is 2.33 bits per heavy atom. The molecule has 0 aromatic carbocycles. The number of hydrogen-bond acceptors (Lipinski definition) is 1. The topological polar surface area (TPSA) is 20.2 Å². The molecule has 0 fully saturated rings. The molecule has 2 atom stereocenters. The van der Waals surface area contributed by atoms with Crippen LogP contribution >= 0.6 is 0 Å². The summed E-state index contributed by atoms with van der Waals surface area (Å²) in [5.74, 6) is 1.08. The first-order valence-electron chi connectivity index (χ1n) is 4.86. The van der Waals surface area contributed by atoms with Gasteiger partial charge in [0.1, 0.15) is 0 Å². The van der Waals surface area contributed by atoms with E-state index in [1.54, 1.807) is 0 Å². The first-order chi connectivity index (χ1) is 5.61. The lowest BCUT2D eigenvalue weighted by Crippen LogP contribution is -2.13. The van der Waals surface area contributed by atoms with Crippen LogP contribution in [0.2, 0.25) is 0 Å². The summed E-state index contributed by atoms with van der Waals surface area (Å²) in [6.45, 7) is 8.87. The third kappa shape index (κ3) is 4.55. The van der Waals surface area contributed by atoms with E-state index in [0.29, 0.717) is 18.4 Å². The van der Waals surface area contributed by atoms with Crippen LogP contribution in [0.5, 0.6) is 0 Å². The SMILES string of the molecule is CCC(CC=C(C)C)C(C)CO. The van der Waals surface area contributed by atoms with Crippen LogP contribution in [0.3, 0.4) is 0 Å². The largest absolute Gasteiger partial charge is 0.396 e. The maximum Gasteiger partial charge on any atom is 0.0459 e. The molecule has 0 heterocycles. The van der Waals surface area contributed by atoms with E-state index in [0.717, 1.165) is 12.8 Å². The minimum atomic E-state index is 0.315. The molecule has 0 saturated carbocycles. The summed E-state index contributed by atoms with van der Waals surface area (Å²) in [5, 5.41) is 8.98. The van der Waals surface area contributed by atoms with Crippen LogP contribution in [0.1, 0.15) is 40.5 Å².